The highest BCUT2D eigenvalue weighted by Crippen LogP contribution is 2.00. The molecule has 0 bridgehead atoms. The zero-order chi connectivity index (χ0) is 7.40. The maximum Gasteiger partial charge on any atom is 0.0647 e. The van der Waals surface area contributed by atoms with Crippen molar-refractivity contribution in [3.05, 3.63) is 29.6 Å². The number of alkyl halides is 1. The molecule has 2 heteroatoms. The first-order chi connectivity index (χ1) is 4.86. The Morgan fingerprint density at radius 3 is 2.80 bits per heavy atom. The molecule has 0 radical (unpaired) electrons. The molecule has 0 spiro atoms. The van der Waals surface area contributed by atoms with E-state index in [1.54, 1.807) is 6.20 Å². The second kappa shape index (κ2) is 3.24. The van der Waals surface area contributed by atoms with E-state index in [-0.39, 0.29) is 0 Å². The Kier molecular flexibility index (Phi) is 2.30. The minimum absolute atomic E-state index is 0.435. The Morgan fingerprint density at radius 1 is 1.60 bits per heavy atom. The number of rotatable bonds is 1. The van der Waals surface area contributed by atoms with Gasteiger partial charge in [-0.2, -0.15) is 0 Å². The molecule has 0 aromatic carbocycles. The van der Waals surface area contributed by atoms with Crippen LogP contribution in [0.15, 0.2) is 18.3 Å². The zero-order valence-corrected chi connectivity index (χ0v) is 6.10. The minimum atomic E-state index is 0.435. The smallest absolute Gasteiger partial charge is 0.0647 e. The van der Waals surface area contributed by atoms with Crippen molar-refractivity contribution in [2.24, 2.45) is 0 Å². The van der Waals surface area contributed by atoms with Crippen molar-refractivity contribution in [1.29, 1.82) is 0 Å². The van der Waals surface area contributed by atoms with Gasteiger partial charge in [0, 0.05) is 11.8 Å². The molecule has 0 unspecified atom stereocenters. The number of pyridine rings is 1. The van der Waals surface area contributed by atoms with Crippen molar-refractivity contribution in [2.75, 3.05) is 0 Å². The van der Waals surface area contributed by atoms with E-state index in [9.17, 15) is 0 Å². The van der Waals surface area contributed by atoms with E-state index < -0.39 is 0 Å². The van der Waals surface area contributed by atoms with E-state index in [4.69, 9.17) is 18.0 Å². The summed E-state index contributed by atoms with van der Waals surface area (Å²) in [5, 5.41) is 0. The van der Waals surface area contributed by atoms with E-state index >= 15 is 0 Å². The normalized spacial score (nSPS) is 8.80. The quantitative estimate of drug-likeness (QED) is 0.441. The Labute approximate surface area is 65.0 Å². The fraction of sp³-hybridized carbons (Fsp3) is 0.125. The Hall–Kier alpha value is -1.00. The van der Waals surface area contributed by atoms with Gasteiger partial charge in [0.25, 0.3) is 0 Å². The fourth-order valence-corrected chi connectivity index (χ4v) is 0.747. The second-order valence-corrected chi connectivity index (χ2v) is 2.08. The number of aromatic nitrogens is 1. The molecule has 0 amide bonds. The molecular formula is C8H6ClN. The third-order valence-electron chi connectivity index (χ3n) is 1.13. The monoisotopic (exact) mass is 151 g/mol. The number of hydrogen-bond donors (Lipinski definition) is 0. The minimum Gasteiger partial charge on any atom is -0.259 e. The lowest BCUT2D eigenvalue weighted by Gasteiger charge is -1.92. The van der Waals surface area contributed by atoms with Crippen molar-refractivity contribution in [2.45, 2.75) is 5.88 Å². The van der Waals surface area contributed by atoms with Gasteiger partial charge in [-0.05, 0) is 12.1 Å². The van der Waals surface area contributed by atoms with Gasteiger partial charge in [-0.3, -0.25) is 4.98 Å². The highest BCUT2D eigenvalue weighted by molar-refractivity contribution is 6.16. The van der Waals surface area contributed by atoms with Gasteiger partial charge in [0.05, 0.1) is 11.6 Å². The lowest BCUT2D eigenvalue weighted by atomic mass is 10.3. The van der Waals surface area contributed by atoms with E-state index in [1.807, 2.05) is 12.1 Å². The molecule has 0 saturated heterocycles. The first kappa shape index (κ1) is 7.11. The van der Waals surface area contributed by atoms with Crippen molar-refractivity contribution in [3.63, 3.8) is 0 Å². The van der Waals surface area contributed by atoms with E-state index in [2.05, 4.69) is 10.9 Å². The lowest BCUT2D eigenvalue weighted by Crippen LogP contribution is -1.84. The first-order valence-corrected chi connectivity index (χ1v) is 3.38. The standard InChI is InChI=1S/C8H6ClN/c1-2-7-3-4-8(5-9)10-6-7/h1,3-4,6H,5H2. The van der Waals surface area contributed by atoms with Gasteiger partial charge in [0.1, 0.15) is 0 Å². The summed E-state index contributed by atoms with van der Waals surface area (Å²) in [7, 11) is 0. The third-order valence-corrected chi connectivity index (χ3v) is 1.40. The van der Waals surface area contributed by atoms with Crippen LogP contribution in [0.4, 0.5) is 0 Å². The maximum absolute atomic E-state index is 5.51. The van der Waals surface area contributed by atoms with Crippen LogP contribution in [0.25, 0.3) is 0 Å². The van der Waals surface area contributed by atoms with Gasteiger partial charge in [0.15, 0.2) is 0 Å². The summed E-state index contributed by atoms with van der Waals surface area (Å²) in [6.45, 7) is 0. The van der Waals surface area contributed by atoms with Crippen LogP contribution in [0.1, 0.15) is 11.3 Å². The van der Waals surface area contributed by atoms with E-state index in [0.29, 0.717) is 5.88 Å². The van der Waals surface area contributed by atoms with Gasteiger partial charge < -0.3 is 0 Å². The number of terminal acetylenes is 1. The van der Waals surface area contributed by atoms with E-state index in [1.165, 1.54) is 0 Å². The maximum atomic E-state index is 5.51. The zero-order valence-electron chi connectivity index (χ0n) is 5.34. The van der Waals surface area contributed by atoms with Crippen molar-refractivity contribution in [1.82, 2.24) is 4.98 Å². The molecule has 0 aliphatic heterocycles. The Balaban J connectivity index is 2.93. The summed E-state index contributed by atoms with van der Waals surface area (Å²) in [5.41, 5.74) is 1.63. The third kappa shape index (κ3) is 1.49. The van der Waals surface area contributed by atoms with Crippen LogP contribution >= 0.6 is 11.6 Å². The van der Waals surface area contributed by atoms with Crippen LogP contribution < -0.4 is 0 Å². The molecule has 0 aliphatic rings. The van der Waals surface area contributed by atoms with Crippen LogP contribution in [-0.4, -0.2) is 4.98 Å². The molecule has 1 rings (SSSR count). The van der Waals surface area contributed by atoms with Crippen LogP contribution in [0.5, 0.6) is 0 Å². The molecule has 50 valence electrons. The highest BCUT2D eigenvalue weighted by Gasteiger charge is 1.89. The topological polar surface area (TPSA) is 12.9 Å². The Bertz CT molecular complexity index is 245. The first-order valence-electron chi connectivity index (χ1n) is 2.84. The molecule has 1 aromatic rings. The predicted molar refractivity (Wildman–Crippen MR) is 41.7 cm³/mol. The summed E-state index contributed by atoms with van der Waals surface area (Å²) in [5.74, 6) is 2.91. The molecule has 0 atom stereocenters. The molecule has 1 heterocycles. The number of nitrogens with zero attached hydrogens (tertiary/aromatic N) is 1. The van der Waals surface area contributed by atoms with E-state index in [0.717, 1.165) is 11.3 Å². The summed E-state index contributed by atoms with van der Waals surface area (Å²) >= 11 is 5.51. The summed E-state index contributed by atoms with van der Waals surface area (Å²) in [4.78, 5) is 3.99. The van der Waals surface area contributed by atoms with Crippen LogP contribution in [-0.2, 0) is 5.88 Å². The average Bonchev–Trinajstić information content (AvgIpc) is 2.05. The molecule has 10 heavy (non-hydrogen) atoms. The van der Waals surface area contributed by atoms with Gasteiger partial charge >= 0.3 is 0 Å². The summed E-state index contributed by atoms with van der Waals surface area (Å²) < 4.78 is 0. The molecule has 0 aliphatic carbocycles. The molecule has 0 N–H and O–H groups in total. The molecule has 0 fully saturated rings. The van der Waals surface area contributed by atoms with Crippen LogP contribution in [0, 0.1) is 12.3 Å². The predicted octanol–water partition coefficient (Wildman–Crippen LogP) is 1.80. The van der Waals surface area contributed by atoms with Gasteiger partial charge in [-0.1, -0.05) is 5.92 Å². The molecule has 0 saturated carbocycles. The number of halogens is 1. The summed E-state index contributed by atoms with van der Waals surface area (Å²) in [6.07, 6.45) is 6.75. The van der Waals surface area contributed by atoms with Gasteiger partial charge in [-0.25, -0.2) is 0 Å². The SMILES string of the molecule is C#Cc1ccc(CCl)nc1. The van der Waals surface area contributed by atoms with Crippen molar-refractivity contribution >= 4 is 11.6 Å². The van der Waals surface area contributed by atoms with Crippen LogP contribution in [0.3, 0.4) is 0 Å². The lowest BCUT2D eigenvalue weighted by molar-refractivity contribution is 1.16. The van der Waals surface area contributed by atoms with Crippen molar-refractivity contribution in [3.8, 4) is 12.3 Å². The fourth-order valence-electron chi connectivity index (χ4n) is 0.589. The molecule has 1 nitrogen and oxygen atoms in total. The molecule has 1 aromatic heterocycles. The van der Waals surface area contributed by atoms with Gasteiger partial charge in [-0.15, -0.1) is 18.0 Å². The van der Waals surface area contributed by atoms with Gasteiger partial charge in [0.2, 0.25) is 0 Å². The summed E-state index contributed by atoms with van der Waals surface area (Å²) in [6, 6.07) is 3.65. The molecular weight excluding hydrogens is 146 g/mol. The van der Waals surface area contributed by atoms with Crippen LogP contribution in [0.2, 0.25) is 0 Å². The largest absolute Gasteiger partial charge is 0.259 e. The van der Waals surface area contributed by atoms with Crippen molar-refractivity contribution < 1.29 is 0 Å². The number of hydrogen-bond acceptors (Lipinski definition) is 1. The second-order valence-electron chi connectivity index (χ2n) is 1.82. The Morgan fingerprint density at radius 2 is 2.40 bits per heavy atom. The average molecular weight is 152 g/mol. The highest BCUT2D eigenvalue weighted by atomic mass is 35.5.